The Labute approximate surface area is 122 Å². The Morgan fingerprint density at radius 2 is 2.10 bits per heavy atom. The molecule has 21 heavy (non-hydrogen) atoms. The minimum atomic E-state index is -2.91. The molecule has 3 rings (SSSR count). The summed E-state index contributed by atoms with van der Waals surface area (Å²) in [5.74, 6) is 1.46. The summed E-state index contributed by atoms with van der Waals surface area (Å²) in [5.41, 5.74) is 6.62. The summed E-state index contributed by atoms with van der Waals surface area (Å²) >= 11 is 0. The molecule has 2 aromatic rings. The van der Waals surface area contributed by atoms with Crippen LogP contribution < -0.4 is 5.73 Å². The molecule has 2 N–H and O–H groups in total. The number of rotatable bonds is 2. The molecule has 0 radical (unpaired) electrons. The van der Waals surface area contributed by atoms with E-state index in [1.807, 2.05) is 0 Å². The van der Waals surface area contributed by atoms with Gasteiger partial charge in [0, 0.05) is 13.6 Å². The van der Waals surface area contributed by atoms with Gasteiger partial charge in [-0.2, -0.15) is 5.10 Å². The van der Waals surface area contributed by atoms with Crippen LogP contribution in [-0.2, 0) is 23.4 Å². The average molecular weight is 310 g/mol. The van der Waals surface area contributed by atoms with Crippen LogP contribution in [0.5, 0.6) is 0 Å². The van der Waals surface area contributed by atoms with E-state index in [9.17, 15) is 8.42 Å². The SMILES string of the molecule is Cn1ncc2c(N)nc(CN3CCCS(=O)(=O)CC3)nc21. The van der Waals surface area contributed by atoms with Gasteiger partial charge in [-0.25, -0.2) is 18.4 Å². The molecular formula is C12H18N6O2S. The maximum Gasteiger partial charge on any atom is 0.163 e. The first-order chi connectivity index (χ1) is 9.94. The highest BCUT2D eigenvalue weighted by Crippen LogP contribution is 2.17. The summed E-state index contributed by atoms with van der Waals surface area (Å²) in [5, 5.41) is 4.86. The van der Waals surface area contributed by atoms with E-state index in [-0.39, 0.29) is 11.5 Å². The fourth-order valence-electron chi connectivity index (χ4n) is 2.51. The van der Waals surface area contributed by atoms with Gasteiger partial charge >= 0.3 is 0 Å². The van der Waals surface area contributed by atoms with Crippen LogP contribution in [-0.4, -0.2) is 57.7 Å². The zero-order valence-corrected chi connectivity index (χ0v) is 12.7. The van der Waals surface area contributed by atoms with Gasteiger partial charge in [0.05, 0.1) is 29.6 Å². The zero-order valence-electron chi connectivity index (χ0n) is 11.9. The van der Waals surface area contributed by atoms with Gasteiger partial charge < -0.3 is 5.73 Å². The summed E-state index contributed by atoms with van der Waals surface area (Å²) in [7, 11) is -1.10. The van der Waals surface area contributed by atoms with E-state index >= 15 is 0 Å². The monoisotopic (exact) mass is 310 g/mol. The fourth-order valence-corrected chi connectivity index (χ4v) is 3.82. The van der Waals surface area contributed by atoms with Crippen molar-refractivity contribution in [3.8, 4) is 0 Å². The first kappa shape index (κ1) is 14.2. The third-order valence-electron chi connectivity index (χ3n) is 3.68. The van der Waals surface area contributed by atoms with Crippen molar-refractivity contribution in [3.63, 3.8) is 0 Å². The van der Waals surface area contributed by atoms with Crippen LogP contribution in [0.25, 0.3) is 11.0 Å². The van der Waals surface area contributed by atoms with Crippen LogP contribution in [0.3, 0.4) is 0 Å². The summed E-state index contributed by atoms with van der Waals surface area (Å²) in [4.78, 5) is 10.8. The Morgan fingerprint density at radius 1 is 1.29 bits per heavy atom. The van der Waals surface area contributed by atoms with Gasteiger partial charge in [-0.05, 0) is 13.0 Å². The Bertz CT molecular complexity index is 769. The van der Waals surface area contributed by atoms with Gasteiger partial charge in [0.15, 0.2) is 15.5 Å². The highest BCUT2D eigenvalue weighted by molar-refractivity contribution is 7.91. The van der Waals surface area contributed by atoms with Crippen LogP contribution in [0.1, 0.15) is 12.2 Å². The fraction of sp³-hybridized carbons (Fsp3) is 0.583. The van der Waals surface area contributed by atoms with Gasteiger partial charge in [-0.1, -0.05) is 0 Å². The molecule has 8 nitrogen and oxygen atoms in total. The van der Waals surface area contributed by atoms with E-state index in [2.05, 4.69) is 20.0 Å². The Hall–Kier alpha value is -1.74. The topological polar surface area (TPSA) is 107 Å². The smallest absolute Gasteiger partial charge is 0.163 e. The third-order valence-corrected chi connectivity index (χ3v) is 5.40. The van der Waals surface area contributed by atoms with Gasteiger partial charge in [-0.15, -0.1) is 0 Å². The molecule has 0 aliphatic carbocycles. The molecule has 0 saturated carbocycles. The standard InChI is InChI=1S/C12H18N6O2S/c1-17-12-9(7-14-17)11(13)15-10(16-12)8-18-3-2-5-21(19,20)6-4-18/h7H,2-6,8H2,1H3,(H2,13,15,16). The van der Waals surface area contributed by atoms with Crippen molar-refractivity contribution in [2.45, 2.75) is 13.0 Å². The minimum absolute atomic E-state index is 0.191. The highest BCUT2D eigenvalue weighted by atomic mass is 32.2. The molecule has 1 aliphatic rings. The van der Waals surface area contributed by atoms with Crippen LogP contribution in [0.2, 0.25) is 0 Å². The molecule has 9 heteroatoms. The highest BCUT2D eigenvalue weighted by Gasteiger charge is 2.20. The van der Waals surface area contributed by atoms with Crippen molar-refractivity contribution < 1.29 is 8.42 Å². The van der Waals surface area contributed by atoms with Crippen molar-refractivity contribution in [1.29, 1.82) is 0 Å². The van der Waals surface area contributed by atoms with Gasteiger partial charge in [-0.3, -0.25) is 9.58 Å². The molecule has 114 valence electrons. The van der Waals surface area contributed by atoms with E-state index in [1.165, 1.54) is 0 Å². The number of nitrogens with two attached hydrogens (primary N) is 1. The second kappa shape index (κ2) is 5.23. The molecule has 0 spiro atoms. The lowest BCUT2D eigenvalue weighted by molar-refractivity contribution is 0.280. The van der Waals surface area contributed by atoms with Crippen LogP contribution >= 0.6 is 0 Å². The molecule has 1 saturated heterocycles. The lowest BCUT2D eigenvalue weighted by atomic mass is 10.3. The summed E-state index contributed by atoms with van der Waals surface area (Å²) < 4.78 is 24.9. The Kier molecular flexibility index (Phi) is 3.54. The zero-order chi connectivity index (χ0) is 15.0. The van der Waals surface area contributed by atoms with Gasteiger partial charge in [0.25, 0.3) is 0 Å². The molecule has 3 heterocycles. The first-order valence-electron chi connectivity index (χ1n) is 6.81. The molecule has 0 aromatic carbocycles. The van der Waals surface area contributed by atoms with Gasteiger partial charge in [0.2, 0.25) is 0 Å². The number of hydrogen-bond donors (Lipinski definition) is 1. The lowest BCUT2D eigenvalue weighted by Crippen LogP contribution is -2.27. The van der Waals surface area contributed by atoms with Crippen molar-refractivity contribution in [3.05, 3.63) is 12.0 Å². The Balaban J connectivity index is 1.83. The number of aromatic nitrogens is 4. The summed E-state index contributed by atoms with van der Waals surface area (Å²) in [6.07, 6.45) is 2.29. The number of hydrogen-bond acceptors (Lipinski definition) is 7. The van der Waals surface area contributed by atoms with E-state index in [0.717, 1.165) is 11.9 Å². The van der Waals surface area contributed by atoms with Crippen LogP contribution in [0.15, 0.2) is 6.20 Å². The lowest BCUT2D eigenvalue weighted by Gasteiger charge is -2.18. The van der Waals surface area contributed by atoms with Crippen LogP contribution in [0.4, 0.5) is 5.82 Å². The van der Waals surface area contributed by atoms with E-state index in [0.29, 0.717) is 36.8 Å². The van der Waals surface area contributed by atoms with E-state index < -0.39 is 9.84 Å². The molecule has 2 aromatic heterocycles. The second-order valence-electron chi connectivity index (χ2n) is 5.31. The normalized spacial score (nSPS) is 19.7. The predicted molar refractivity (Wildman–Crippen MR) is 79.3 cm³/mol. The molecule has 1 fully saturated rings. The summed E-state index contributed by atoms with van der Waals surface area (Å²) in [6, 6.07) is 0. The number of anilines is 1. The minimum Gasteiger partial charge on any atom is -0.383 e. The largest absolute Gasteiger partial charge is 0.383 e. The number of aryl methyl sites for hydroxylation is 1. The third kappa shape index (κ3) is 2.98. The van der Waals surface area contributed by atoms with Gasteiger partial charge in [0.1, 0.15) is 11.6 Å². The van der Waals surface area contributed by atoms with Crippen molar-refractivity contribution in [1.82, 2.24) is 24.6 Å². The van der Waals surface area contributed by atoms with Crippen molar-refractivity contribution in [2.75, 3.05) is 30.3 Å². The molecular weight excluding hydrogens is 292 g/mol. The molecule has 0 amide bonds. The molecule has 0 atom stereocenters. The molecule has 0 unspecified atom stereocenters. The first-order valence-corrected chi connectivity index (χ1v) is 8.64. The maximum atomic E-state index is 11.6. The Morgan fingerprint density at radius 3 is 2.90 bits per heavy atom. The number of nitrogens with zero attached hydrogens (tertiary/aromatic N) is 5. The number of nitrogen functional groups attached to an aromatic ring is 1. The average Bonchev–Trinajstić information content (AvgIpc) is 2.69. The van der Waals surface area contributed by atoms with Crippen molar-refractivity contribution in [2.24, 2.45) is 7.05 Å². The predicted octanol–water partition coefficient (Wildman–Crippen LogP) is -0.434. The maximum absolute atomic E-state index is 11.6. The van der Waals surface area contributed by atoms with Crippen molar-refractivity contribution >= 4 is 26.7 Å². The van der Waals surface area contributed by atoms with E-state index in [1.54, 1.807) is 17.9 Å². The quantitative estimate of drug-likeness (QED) is 0.801. The molecule has 0 bridgehead atoms. The number of sulfone groups is 1. The molecule has 1 aliphatic heterocycles. The van der Waals surface area contributed by atoms with E-state index in [4.69, 9.17) is 5.73 Å². The summed E-state index contributed by atoms with van der Waals surface area (Å²) in [6.45, 7) is 1.74. The second-order valence-corrected chi connectivity index (χ2v) is 7.62. The number of fused-ring (bicyclic) bond motifs is 1. The van der Waals surface area contributed by atoms with Crippen LogP contribution in [0, 0.1) is 0 Å².